The molecule has 8 heteroatoms. The molecular weight excluding hydrogens is 425 g/mol. The van der Waals surface area contributed by atoms with E-state index in [9.17, 15) is 14.7 Å². The summed E-state index contributed by atoms with van der Waals surface area (Å²) in [5, 5.41) is 12.5. The van der Waals surface area contributed by atoms with Gasteiger partial charge in [-0.15, -0.1) is 0 Å². The molecule has 33 heavy (non-hydrogen) atoms. The van der Waals surface area contributed by atoms with E-state index in [1.807, 2.05) is 48.3 Å². The van der Waals surface area contributed by atoms with Crippen molar-refractivity contribution in [3.8, 4) is 11.5 Å². The Bertz CT molecular complexity index is 1320. The van der Waals surface area contributed by atoms with Gasteiger partial charge in [0.05, 0.1) is 0 Å². The molecule has 0 radical (unpaired) electrons. The van der Waals surface area contributed by atoms with Crippen LogP contribution >= 0.6 is 0 Å². The Balaban J connectivity index is 1.65. The van der Waals surface area contributed by atoms with E-state index >= 15 is 4.39 Å². The summed E-state index contributed by atoms with van der Waals surface area (Å²) in [5.41, 5.74) is 0.762. The molecule has 1 unspecified atom stereocenters. The van der Waals surface area contributed by atoms with E-state index < -0.39 is 28.9 Å². The summed E-state index contributed by atoms with van der Waals surface area (Å²) in [5.74, 6) is -1.08. The number of aromatic hydroxyl groups is 1. The van der Waals surface area contributed by atoms with Gasteiger partial charge in [-0.05, 0) is 11.6 Å². The first-order valence-electron chi connectivity index (χ1n) is 11.0. The number of para-hydroxylation sites is 1. The molecule has 3 aliphatic rings. The van der Waals surface area contributed by atoms with Gasteiger partial charge in [-0.25, -0.2) is 4.39 Å². The van der Waals surface area contributed by atoms with Crippen molar-refractivity contribution in [1.29, 1.82) is 0 Å². The third-order valence-corrected chi connectivity index (χ3v) is 7.00. The number of fused-ring (bicyclic) bond motifs is 6. The zero-order valence-corrected chi connectivity index (χ0v) is 17.9. The lowest BCUT2D eigenvalue weighted by atomic mass is 9.96. The van der Waals surface area contributed by atoms with Gasteiger partial charge in [-0.2, -0.15) is 0 Å². The lowest BCUT2D eigenvalue weighted by Crippen LogP contribution is -2.56. The maximum atomic E-state index is 15.1. The fourth-order valence-electron chi connectivity index (χ4n) is 5.11. The molecule has 2 bridgehead atoms. The average Bonchev–Trinajstić information content (AvgIpc) is 3.42. The smallest absolute Gasteiger partial charge is 0.277 e. The van der Waals surface area contributed by atoms with E-state index in [0.717, 1.165) is 5.56 Å². The quantitative estimate of drug-likeness (QED) is 0.621. The Morgan fingerprint density at radius 3 is 2.64 bits per heavy atom. The number of amides is 1. The third-order valence-electron chi connectivity index (χ3n) is 7.00. The lowest BCUT2D eigenvalue weighted by molar-refractivity contribution is 0.0656. The van der Waals surface area contributed by atoms with Gasteiger partial charge < -0.3 is 14.7 Å². The first-order chi connectivity index (χ1) is 16.0. The summed E-state index contributed by atoms with van der Waals surface area (Å²) < 4.78 is 22.9. The highest BCUT2D eigenvalue weighted by molar-refractivity contribution is 5.96. The van der Waals surface area contributed by atoms with Crippen LogP contribution in [0.4, 0.5) is 4.39 Å². The van der Waals surface area contributed by atoms with Gasteiger partial charge in [0.25, 0.3) is 5.91 Å². The van der Waals surface area contributed by atoms with Crippen LogP contribution < -0.4 is 15.2 Å². The highest BCUT2D eigenvalue weighted by Crippen LogP contribution is 2.47. The minimum atomic E-state index is -0.618. The highest BCUT2D eigenvalue weighted by atomic mass is 19.1. The molecule has 168 valence electrons. The molecule has 1 aliphatic carbocycles. The van der Waals surface area contributed by atoms with Gasteiger partial charge in [0.15, 0.2) is 23.0 Å². The van der Waals surface area contributed by atoms with Crippen LogP contribution in [0.15, 0.2) is 65.6 Å². The summed E-state index contributed by atoms with van der Waals surface area (Å²) in [6.45, 7) is 2.61. The van der Waals surface area contributed by atoms with Crippen LogP contribution in [0.25, 0.3) is 0 Å². The predicted molar refractivity (Wildman–Crippen MR) is 118 cm³/mol. The van der Waals surface area contributed by atoms with Crippen LogP contribution in [0.3, 0.4) is 0 Å². The number of benzene rings is 2. The van der Waals surface area contributed by atoms with Crippen molar-refractivity contribution in [1.82, 2.24) is 9.58 Å². The second kappa shape index (κ2) is 7.10. The Kier molecular flexibility index (Phi) is 4.27. The summed E-state index contributed by atoms with van der Waals surface area (Å²) in [6.07, 6.45) is 1.27. The van der Waals surface area contributed by atoms with Crippen molar-refractivity contribution in [2.45, 2.75) is 19.1 Å². The number of carbonyl (C=O) groups is 1. The van der Waals surface area contributed by atoms with Crippen LogP contribution in [-0.2, 0) is 0 Å². The molecule has 2 aromatic carbocycles. The Labute approximate surface area is 189 Å². The van der Waals surface area contributed by atoms with E-state index in [4.69, 9.17) is 4.74 Å². The van der Waals surface area contributed by atoms with Crippen molar-refractivity contribution < 1.29 is 19.0 Å². The maximum absolute atomic E-state index is 15.1. The summed E-state index contributed by atoms with van der Waals surface area (Å²) in [4.78, 5) is 27.2. The second-order valence-electron chi connectivity index (χ2n) is 8.91. The predicted octanol–water partition coefficient (Wildman–Crippen LogP) is 2.86. The van der Waals surface area contributed by atoms with Gasteiger partial charge >= 0.3 is 0 Å². The van der Waals surface area contributed by atoms with Gasteiger partial charge in [0.1, 0.15) is 18.8 Å². The van der Waals surface area contributed by atoms with Crippen LogP contribution in [0.5, 0.6) is 11.5 Å². The number of rotatable bonds is 1. The number of nitrogens with zero attached hydrogens (tertiary/aromatic N) is 3. The van der Waals surface area contributed by atoms with Crippen LogP contribution in [0.1, 0.15) is 34.6 Å². The lowest BCUT2D eigenvalue weighted by Gasteiger charge is -2.44. The molecule has 1 saturated carbocycles. The zero-order chi connectivity index (χ0) is 22.9. The number of pyridine rings is 1. The normalized spacial score (nSPS) is 25.5. The molecule has 1 fully saturated rings. The number of carbonyl (C=O) groups excluding carboxylic acids is 1. The minimum Gasteiger partial charge on any atom is -0.502 e. The van der Waals surface area contributed by atoms with Crippen molar-refractivity contribution >= 4 is 5.91 Å². The van der Waals surface area contributed by atoms with Gasteiger partial charge in [0, 0.05) is 36.2 Å². The molecular formula is C25H22FN3O4. The molecule has 1 amide bonds. The molecule has 7 nitrogen and oxygen atoms in total. The fraction of sp³-hybridized carbons (Fsp3) is 0.280. The van der Waals surface area contributed by atoms with Crippen LogP contribution in [0.2, 0.25) is 0 Å². The van der Waals surface area contributed by atoms with Crippen molar-refractivity contribution in [3.05, 3.63) is 93.7 Å². The molecule has 1 aromatic heterocycles. The van der Waals surface area contributed by atoms with E-state index in [-0.39, 0.29) is 36.1 Å². The average molecular weight is 447 g/mol. The van der Waals surface area contributed by atoms with E-state index in [1.54, 1.807) is 11.0 Å². The second-order valence-corrected chi connectivity index (χ2v) is 8.91. The molecule has 3 heterocycles. The number of hydrogen-bond donors (Lipinski definition) is 1. The summed E-state index contributed by atoms with van der Waals surface area (Å²) in [6, 6.07) is 15.1. The Morgan fingerprint density at radius 2 is 1.85 bits per heavy atom. The zero-order valence-electron chi connectivity index (χ0n) is 17.9. The molecule has 3 aromatic rings. The molecule has 0 spiro atoms. The number of halogens is 1. The van der Waals surface area contributed by atoms with E-state index in [1.165, 1.54) is 23.0 Å². The molecule has 6 rings (SSSR count). The monoisotopic (exact) mass is 447 g/mol. The highest BCUT2D eigenvalue weighted by Gasteiger charge is 2.53. The summed E-state index contributed by atoms with van der Waals surface area (Å²) in [7, 11) is 0. The standard InChI is InChI=1S/C25H22FN3O4/c1-14-17-12-27-13-29(28-11-10-19(30)22(31)21(28)25(27)32)20(15-6-3-2-4-7-15)16-8-5-9-18(26)24(16)33-23(14)17/h2-11,14,17,20,23,31H,12-13H2,1H3/t14-,17-,20-,23?/m0/s1. The molecule has 4 atom stereocenters. The van der Waals surface area contributed by atoms with Crippen molar-refractivity contribution in [2.24, 2.45) is 11.8 Å². The topological polar surface area (TPSA) is 75.0 Å². The minimum absolute atomic E-state index is 0.0284. The fourth-order valence-corrected chi connectivity index (χ4v) is 5.11. The maximum Gasteiger partial charge on any atom is 0.277 e. The number of hydrogen-bond acceptors (Lipinski definition) is 5. The first kappa shape index (κ1) is 19.8. The van der Waals surface area contributed by atoms with E-state index in [0.29, 0.717) is 12.1 Å². The molecule has 2 aliphatic heterocycles. The van der Waals surface area contributed by atoms with E-state index in [2.05, 4.69) is 0 Å². The molecule has 1 N–H and O–H groups in total. The molecule has 0 saturated heterocycles. The van der Waals surface area contributed by atoms with Gasteiger partial charge in [-0.1, -0.05) is 49.4 Å². The van der Waals surface area contributed by atoms with Gasteiger partial charge in [0.2, 0.25) is 5.43 Å². The number of ether oxygens (including phenoxy) is 1. The third kappa shape index (κ3) is 2.93. The SMILES string of the molecule is C[C@@H]1C2Oc3c(F)cccc3[C@H](c3ccccc3)N3CN(C[C@H]21)C(=O)c1c(O)c(=O)ccn13. The first-order valence-corrected chi connectivity index (χ1v) is 11.0. The Morgan fingerprint density at radius 1 is 1.06 bits per heavy atom. The summed E-state index contributed by atoms with van der Waals surface area (Å²) >= 11 is 0. The Hall–Kier alpha value is -3.81. The van der Waals surface area contributed by atoms with Crippen molar-refractivity contribution in [2.75, 3.05) is 18.2 Å². The van der Waals surface area contributed by atoms with Gasteiger partial charge in [-0.3, -0.25) is 19.3 Å². The van der Waals surface area contributed by atoms with Crippen molar-refractivity contribution in [3.63, 3.8) is 0 Å². The van der Waals surface area contributed by atoms with Crippen LogP contribution in [0, 0.1) is 17.7 Å². The van der Waals surface area contributed by atoms with Crippen LogP contribution in [-0.4, -0.2) is 39.9 Å². The largest absolute Gasteiger partial charge is 0.502 e. The number of aromatic nitrogens is 1.